The molecule has 176 valence electrons. The molecule has 6 nitrogen and oxygen atoms in total. The lowest BCUT2D eigenvalue weighted by Crippen LogP contribution is -2.45. The largest absolute Gasteiger partial charge is 0.573 e. The number of aliphatic imine (C=N–C) groups is 1. The summed E-state index contributed by atoms with van der Waals surface area (Å²) >= 11 is 0. The normalized spacial score (nSPS) is 15.8. The fraction of sp³-hybridized carbons (Fsp3) is 0.409. The minimum Gasteiger partial charge on any atom is -0.406 e. The Morgan fingerprint density at radius 3 is 2.09 bits per heavy atom. The minimum atomic E-state index is -4.71. The third-order valence-electron chi connectivity index (χ3n) is 5.13. The Balaban J connectivity index is 0.00000363. The van der Waals surface area contributed by atoms with Crippen molar-refractivity contribution in [2.45, 2.75) is 26.4 Å². The lowest BCUT2D eigenvalue weighted by Gasteiger charge is -2.34. The Labute approximate surface area is 203 Å². The summed E-state index contributed by atoms with van der Waals surface area (Å²) in [6.45, 7) is 9.07. The molecule has 1 aliphatic heterocycles. The van der Waals surface area contributed by atoms with Gasteiger partial charge in [-0.3, -0.25) is 4.90 Å². The van der Waals surface area contributed by atoms with Crippen LogP contribution in [0, 0.1) is 0 Å². The molecule has 1 fully saturated rings. The van der Waals surface area contributed by atoms with Crippen LogP contribution in [0.4, 0.5) is 18.9 Å². The van der Waals surface area contributed by atoms with Crippen LogP contribution in [0.25, 0.3) is 0 Å². The van der Waals surface area contributed by atoms with E-state index in [-0.39, 0.29) is 35.7 Å². The van der Waals surface area contributed by atoms with Crippen molar-refractivity contribution in [2.24, 2.45) is 10.7 Å². The number of piperazine rings is 1. The number of nitrogens with one attached hydrogen (secondary N) is 1. The van der Waals surface area contributed by atoms with Gasteiger partial charge >= 0.3 is 6.36 Å². The Morgan fingerprint density at radius 2 is 1.53 bits per heavy atom. The molecular weight excluding hydrogens is 534 g/mol. The molecule has 0 aliphatic carbocycles. The van der Waals surface area contributed by atoms with E-state index < -0.39 is 6.36 Å². The summed E-state index contributed by atoms with van der Waals surface area (Å²) in [6, 6.07) is 13.6. The average Bonchev–Trinajstić information content (AvgIpc) is 2.74. The number of nitrogens with two attached hydrogens (primary N) is 1. The Hall–Kier alpha value is -2.05. The molecule has 0 bridgehead atoms. The molecular formula is C22H29F3IN5O. The molecule has 0 unspecified atom stereocenters. The molecule has 1 aliphatic rings. The number of likely N-dealkylation sites (N-methyl/N-ethyl adjacent to an activating group) is 1. The highest BCUT2D eigenvalue weighted by molar-refractivity contribution is 14.0. The van der Waals surface area contributed by atoms with Gasteiger partial charge in [0.2, 0.25) is 0 Å². The summed E-state index contributed by atoms with van der Waals surface area (Å²) in [4.78, 5) is 9.21. The lowest BCUT2D eigenvalue weighted by molar-refractivity contribution is -0.274. The molecule has 2 aromatic carbocycles. The van der Waals surface area contributed by atoms with E-state index in [1.54, 1.807) is 0 Å². The van der Waals surface area contributed by atoms with Gasteiger partial charge in [0.05, 0.1) is 6.54 Å². The van der Waals surface area contributed by atoms with E-state index in [4.69, 9.17) is 5.73 Å². The van der Waals surface area contributed by atoms with E-state index >= 15 is 0 Å². The molecule has 1 heterocycles. The fourth-order valence-electron chi connectivity index (χ4n) is 3.38. The lowest BCUT2D eigenvalue weighted by atomic mass is 10.1. The monoisotopic (exact) mass is 563 g/mol. The van der Waals surface area contributed by atoms with E-state index in [1.807, 2.05) is 12.1 Å². The number of alkyl halides is 3. The summed E-state index contributed by atoms with van der Waals surface area (Å²) in [5.41, 5.74) is 8.70. The van der Waals surface area contributed by atoms with Crippen LogP contribution in [0.5, 0.6) is 5.75 Å². The average molecular weight is 563 g/mol. The highest BCUT2D eigenvalue weighted by Gasteiger charge is 2.30. The van der Waals surface area contributed by atoms with E-state index in [1.165, 1.54) is 29.8 Å². The van der Waals surface area contributed by atoms with Crippen molar-refractivity contribution in [3.8, 4) is 5.75 Å². The quantitative estimate of drug-likeness (QED) is 0.300. The van der Waals surface area contributed by atoms with Gasteiger partial charge in [-0.2, -0.15) is 0 Å². The van der Waals surface area contributed by atoms with Crippen LogP contribution in [0.15, 0.2) is 53.5 Å². The van der Waals surface area contributed by atoms with Gasteiger partial charge in [-0.1, -0.05) is 31.2 Å². The number of anilines is 1. The molecule has 1 saturated heterocycles. The maximum absolute atomic E-state index is 12.2. The molecule has 0 amide bonds. The Kier molecular flexibility index (Phi) is 10.0. The summed E-state index contributed by atoms with van der Waals surface area (Å²) in [5.74, 6) is -0.108. The van der Waals surface area contributed by atoms with Gasteiger partial charge in [0.25, 0.3) is 0 Å². The number of rotatable bonds is 7. The molecule has 0 aromatic heterocycles. The first kappa shape index (κ1) is 26.2. The van der Waals surface area contributed by atoms with E-state index in [0.717, 1.165) is 44.8 Å². The van der Waals surface area contributed by atoms with Gasteiger partial charge < -0.3 is 20.7 Å². The molecule has 10 heteroatoms. The molecule has 0 atom stereocenters. The number of benzene rings is 2. The van der Waals surface area contributed by atoms with Gasteiger partial charge in [-0.05, 0) is 41.9 Å². The molecule has 0 saturated carbocycles. The first-order valence-electron chi connectivity index (χ1n) is 10.3. The smallest absolute Gasteiger partial charge is 0.406 e. The van der Waals surface area contributed by atoms with Crippen molar-refractivity contribution in [3.63, 3.8) is 0 Å². The highest BCUT2D eigenvalue weighted by Crippen LogP contribution is 2.23. The van der Waals surface area contributed by atoms with Gasteiger partial charge in [0, 0.05) is 38.4 Å². The second-order valence-corrected chi connectivity index (χ2v) is 7.43. The summed E-state index contributed by atoms with van der Waals surface area (Å²) in [6.07, 6.45) is -4.71. The third kappa shape index (κ3) is 8.83. The zero-order valence-corrected chi connectivity index (χ0v) is 20.3. The zero-order chi connectivity index (χ0) is 22.3. The van der Waals surface area contributed by atoms with Gasteiger partial charge in [-0.15, -0.1) is 37.1 Å². The van der Waals surface area contributed by atoms with Gasteiger partial charge in [-0.25, -0.2) is 4.99 Å². The van der Waals surface area contributed by atoms with Crippen LogP contribution in [-0.4, -0.2) is 54.8 Å². The van der Waals surface area contributed by atoms with Crippen LogP contribution in [0.2, 0.25) is 0 Å². The van der Waals surface area contributed by atoms with Crippen molar-refractivity contribution in [3.05, 3.63) is 59.7 Å². The summed E-state index contributed by atoms with van der Waals surface area (Å²) < 4.78 is 40.4. The van der Waals surface area contributed by atoms with E-state index in [0.29, 0.717) is 12.2 Å². The molecule has 0 radical (unpaired) electrons. The minimum absolute atomic E-state index is 0. The van der Waals surface area contributed by atoms with Crippen molar-refractivity contribution in [1.82, 2.24) is 9.80 Å². The predicted molar refractivity (Wildman–Crippen MR) is 131 cm³/mol. The molecule has 3 N–H and O–H groups in total. The van der Waals surface area contributed by atoms with Gasteiger partial charge in [0.1, 0.15) is 5.75 Å². The maximum atomic E-state index is 12.2. The molecule has 32 heavy (non-hydrogen) atoms. The Morgan fingerprint density at radius 1 is 0.969 bits per heavy atom. The van der Waals surface area contributed by atoms with Gasteiger partial charge in [0.15, 0.2) is 5.96 Å². The van der Waals surface area contributed by atoms with Crippen LogP contribution < -0.4 is 15.8 Å². The van der Waals surface area contributed by atoms with Crippen molar-refractivity contribution < 1.29 is 17.9 Å². The summed E-state index contributed by atoms with van der Waals surface area (Å²) in [5, 5.41) is 2.86. The second-order valence-electron chi connectivity index (χ2n) is 7.43. The van der Waals surface area contributed by atoms with Crippen LogP contribution >= 0.6 is 24.0 Å². The number of guanidine groups is 1. The topological polar surface area (TPSA) is 66.1 Å². The second kappa shape index (κ2) is 12.3. The van der Waals surface area contributed by atoms with E-state index in [9.17, 15) is 13.2 Å². The molecule has 0 spiro atoms. The first-order valence-corrected chi connectivity index (χ1v) is 10.3. The highest BCUT2D eigenvalue weighted by atomic mass is 127. The predicted octanol–water partition coefficient (Wildman–Crippen LogP) is 4.27. The number of ether oxygens (including phenoxy) is 1. The van der Waals surface area contributed by atoms with Crippen LogP contribution in [0.1, 0.15) is 18.1 Å². The van der Waals surface area contributed by atoms with Crippen molar-refractivity contribution in [2.75, 3.05) is 38.0 Å². The molecule has 2 aromatic rings. The molecule has 3 rings (SSSR count). The number of halogens is 4. The van der Waals surface area contributed by atoms with Crippen molar-refractivity contribution in [1.29, 1.82) is 0 Å². The van der Waals surface area contributed by atoms with Crippen LogP contribution in [-0.2, 0) is 13.1 Å². The van der Waals surface area contributed by atoms with E-state index in [2.05, 4.69) is 43.9 Å². The third-order valence-corrected chi connectivity index (χ3v) is 5.13. The van der Waals surface area contributed by atoms with Crippen molar-refractivity contribution >= 4 is 35.6 Å². The maximum Gasteiger partial charge on any atom is 0.573 e. The van der Waals surface area contributed by atoms with Crippen LogP contribution in [0.3, 0.4) is 0 Å². The fourth-order valence-corrected chi connectivity index (χ4v) is 3.38. The number of hydrogen-bond acceptors (Lipinski definition) is 4. The standard InChI is InChI=1S/C22H28F3N5O.HI/c1-2-29-11-13-30(14-12-29)16-18-5-3-17(4-6-18)15-27-21(26)28-19-7-9-20(10-8-19)31-22(23,24)25;/h3-10H,2,11-16H2,1H3,(H3,26,27,28);1H. The Bertz CT molecular complexity index is 851. The first-order chi connectivity index (χ1) is 14.8. The summed E-state index contributed by atoms with van der Waals surface area (Å²) in [7, 11) is 0. The number of nitrogens with zero attached hydrogens (tertiary/aromatic N) is 3. The zero-order valence-electron chi connectivity index (χ0n) is 17.9. The SMILES string of the molecule is CCN1CCN(Cc2ccc(CN=C(N)Nc3ccc(OC(F)(F)F)cc3)cc2)CC1.I. The number of hydrogen-bond donors (Lipinski definition) is 2.